The van der Waals surface area contributed by atoms with Crippen molar-refractivity contribution in [1.82, 2.24) is 15.5 Å². The van der Waals surface area contributed by atoms with Crippen LogP contribution in [0.15, 0.2) is 24.3 Å². The zero-order valence-corrected chi connectivity index (χ0v) is 17.1. The second kappa shape index (κ2) is 8.81. The Bertz CT molecular complexity index is 836. The SMILES string of the molecule is CC(OC(=O)CN1C(=O)NC2(CCCCC2)C1=O)C(=O)NC(C)c1ccc(F)cc1. The molecule has 3 rings (SSSR count). The van der Waals surface area contributed by atoms with E-state index in [2.05, 4.69) is 10.6 Å². The van der Waals surface area contributed by atoms with Gasteiger partial charge in [0.1, 0.15) is 17.9 Å². The molecule has 1 aromatic carbocycles. The summed E-state index contributed by atoms with van der Waals surface area (Å²) in [6.45, 7) is 2.58. The van der Waals surface area contributed by atoms with E-state index in [4.69, 9.17) is 4.74 Å². The van der Waals surface area contributed by atoms with Crippen LogP contribution in [0, 0.1) is 5.82 Å². The number of amides is 4. The van der Waals surface area contributed by atoms with Crippen LogP contribution in [-0.4, -0.2) is 46.9 Å². The van der Waals surface area contributed by atoms with Gasteiger partial charge in [-0.25, -0.2) is 9.18 Å². The maximum absolute atomic E-state index is 13.0. The average molecular weight is 419 g/mol. The number of nitrogens with zero attached hydrogens (tertiary/aromatic N) is 1. The van der Waals surface area contributed by atoms with Crippen molar-refractivity contribution >= 4 is 23.8 Å². The van der Waals surface area contributed by atoms with Crippen molar-refractivity contribution in [2.75, 3.05) is 6.54 Å². The second-order valence-corrected chi connectivity index (χ2v) is 7.88. The lowest BCUT2D eigenvalue weighted by molar-refractivity contribution is -0.157. The zero-order valence-electron chi connectivity index (χ0n) is 17.1. The van der Waals surface area contributed by atoms with E-state index in [1.54, 1.807) is 19.1 Å². The number of benzene rings is 1. The third-order valence-corrected chi connectivity index (χ3v) is 5.65. The van der Waals surface area contributed by atoms with Gasteiger partial charge in [-0.1, -0.05) is 31.4 Å². The smallest absolute Gasteiger partial charge is 0.327 e. The number of hydrogen-bond acceptors (Lipinski definition) is 5. The van der Waals surface area contributed by atoms with Crippen LogP contribution in [-0.2, 0) is 19.1 Å². The summed E-state index contributed by atoms with van der Waals surface area (Å²) >= 11 is 0. The number of carbonyl (C=O) groups is 4. The molecule has 2 aliphatic rings. The van der Waals surface area contributed by atoms with Gasteiger partial charge in [-0.15, -0.1) is 0 Å². The van der Waals surface area contributed by atoms with E-state index in [0.717, 1.165) is 24.2 Å². The monoisotopic (exact) mass is 419 g/mol. The van der Waals surface area contributed by atoms with E-state index in [1.807, 2.05) is 0 Å². The third-order valence-electron chi connectivity index (χ3n) is 5.65. The number of hydrogen-bond donors (Lipinski definition) is 2. The van der Waals surface area contributed by atoms with E-state index < -0.39 is 48.0 Å². The Kier molecular flexibility index (Phi) is 6.38. The summed E-state index contributed by atoms with van der Waals surface area (Å²) in [4.78, 5) is 50.4. The van der Waals surface area contributed by atoms with Gasteiger partial charge in [0.05, 0.1) is 6.04 Å². The quantitative estimate of drug-likeness (QED) is 0.543. The predicted octanol–water partition coefficient (Wildman–Crippen LogP) is 2.19. The second-order valence-electron chi connectivity index (χ2n) is 7.88. The van der Waals surface area contributed by atoms with Crippen molar-refractivity contribution in [2.24, 2.45) is 0 Å². The average Bonchev–Trinajstić information content (AvgIpc) is 2.92. The van der Waals surface area contributed by atoms with Crippen LogP contribution in [0.5, 0.6) is 0 Å². The minimum Gasteiger partial charge on any atom is -0.451 e. The maximum Gasteiger partial charge on any atom is 0.327 e. The van der Waals surface area contributed by atoms with Gasteiger partial charge in [0.2, 0.25) is 0 Å². The lowest BCUT2D eigenvalue weighted by Gasteiger charge is -2.30. The Labute approximate surface area is 174 Å². The lowest BCUT2D eigenvalue weighted by Crippen LogP contribution is -2.48. The fourth-order valence-corrected chi connectivity index (χ4v) is 3.90. The van der Waals surface area contributed by atoms with Gasteiger partial charge in [0.25, 0.3) is 11.8 Å². The van der Waals surface area contributed by atoms with E-state index in [9.17, 15) is 23.6 Å². The molecule has 162 valence electrons. The van der Waals surface area contributed by atoms with Gasteiger partial charge in [-0.2, -0.15) is 0 Å². The van der Waals surface area contributed by atoms with Gasteiger partial charge < -0.3 is 15.4 Å². The lowest BCUT2D eigenvalue weighted by atomic mass is 9.82. The van der Waals surface area contributed by atoms with Crippen LogP contribution in [0.2, 0.25) is 0 Å². The van der Waals surface area contributed by atoms with Crippen LogP contribution < -0.4 is 10.6 Å². The Balaban J connectivity index is 1.52. The van der Waals surface area contributed by atoms with Gasteiger partial charge in [-0.3, -0.25) is 19.3 Å². The summed E-state index contributed by atoms with van der Waals surface area (Å²) < 4.78 is 18.1. The van der Waals surface area contributed by atoms with Crippen molar-refractivity contribution in [3.63, 3.8) is 0 Å². The first-order valence-electron chi connectivity index (χ1n) is 10.1. The van der Waals surface area contributed by atoms with Crippen LogP contribution in [0.25, 0.3) is 0 Å². The molecule has 1 aromatic rings. The minimum absolute atomic E-state index is 0.380. The first kappa shape index (κ1) is 21.7. The summed E-state index contributed by atoms with van der Waals surface area (Å²) in [5.41, 5.74) is -0.219. The number of carbonyl (C=O) groups excluding carboxylic acids is 4. The Morgan fingerprint density at radius 1 is 1.17 bits per heavy atom. The number of ether oxygens (including phenoxy) is 1. The number of halogens is 1. The van der Waals surface area contributed by atoms with E-state index in [1.165, 1.54) is 19.1 Å². The number of rotatable bonds is 6. The molecular weight excluding hydrogens is 393 g/mol. The predicted molar refractivity (Wildman–Crippen MR) is 105 cm³/mol. The highest BCUT2D eigenvalue weighted by Crippen LogP contribution is 2.33. The molecule has 1 saturated carbocycles. The molecule has 2 unspecified atom stereocenters. The highest BCUT2D eigenvalue weighted by Gasteiger charge is 2.51. The fourth-order valence-electron chi connectivity index (χ4n) is 3.90. The molecule has 1 aliphatic heterocycles. The van der Waals surface area contributed by atoms with Crippen molar-refractivity contribution in [1.29, 1.82) is 0 Å². The van der Waals surface area contributed by atoms with Gasteiger partial charge >= 0.3 is 12.0 Å². The Hall–Kier alpha value is -2.97. The standard InChI is InChI=1S/C21H26FN3O5/c1-13(15-6-8-16(22)9-7-15)23-18(27)14(2)30-17(26)12-25-19(28)21(24-20(25)29)10-4-3-5-11-21/h6-9,13-14H,3-5,10-12H2,1-2H3,(H,23,27)(H,24,29). The van der Waals surface area contributed by atoms with Gasteiger partial charge in [0.15, 0.2) is 6.10 Å². The normalized spacial score (nSPS) is 19.9. The molecule has 2 atom stereocenters. The first-order chi connectivity index (χ1) is 14.2. The third kappa shape index (κ3) is 4.60. The van der Waals surface area contributed by atoms with E-state index in [-0.39, 0.29) is 5.82 Å². The van der Waals surface area contributed by atoms with Crippen LogP contribution >= 0.6 is 0 Å². The summed E-state index contributed by atoms with van der Waals surface area (Å²) in [5.74, 6) is -2.18. The zero-order chi connectivity index (χ0) is 21.9. The molecule has 9 heteroatoms. The topological polar surface area (TPSA) is 105 Å². The van der Waals surface area contributed by atoms with E-state index in [0.29, 0.717) is 18.4 Å². The van der Waals surface area contributed by atoms with Gasteiger partial charge in [0, 0.05) is 0 Å². The first-order valence-corrected chi connectivity index (χ1v) is 10.1. The molecule has 0 bridgehead atoms. The van der Waals surface area contributed by atoms with Crippen molar-refractivity contribution in [3.8, 4) is 0 Å². The van der Waals surface area contributed by atoms with Crippen LogP contribution in [0.4, 0.5) is 9.18 Å². The number of esters is 1. The molecule has 0 aromatic heterocycles. The Morgan fingerprint density at radius 3 is 2.43 bits per heavy atom. The van der Waals surface area contributed by atoms with E-state index >= 15 is 0 Å². The molecule has 30 heavy (non-hydrogen) atoms. The molecule has 1 saturated heterocycles. The molecule has 1 heterocycles. The summed E-state index contributed by atoms with van der Waals surface area (Å²) in [5, 5.41) is 5.40. The van der Waals surface area contributed by atoms with Crippen molar-refractivity contribution in [2.45, 2.75) is 63.6 Å². The number of nitrogens with one attached hydrogen (secondary N) is 2. The van der Waals surface area contributed by atoms with Gasteiger partial charge in [-0.05, 0) is 44.4 Å². The summed E-state index contributed by atoms with van der Waals surface area (Å²) in [6.07, 6.45) is 2.69. The molecule has 2 N–H and O–H groups in total. The fraction of sp³-hybridized carbons (Fsp3) is 0.524. The molecule has 8 nitrogen and oxygen atoms in total. The molecule has 0 radical (unpaired) electrons. The number of imide groups is 1. The molecule has 4 amide bonds. The largest absolute Gasteiger partial charge is 0.451 e. The summed E-state index contributed by atoms with van der Waals surface area (Å²) in [6, 6.07) is 4.65. The maximum atomic E-state index is 13.0. The highest BCUT2D eigenvalue weighted by atomic mass is 19.1. The number of urea groups is 1. The van der Waals surface area contributed by atoms with Crippen LogP contribution in [0.1, 0.15) is 57.6 Å². The van der Waals surface area contributed by atoms with Crippen molar-refractivity contribution < 1.29 is 28.3 Å². The van der Waals surface area contributed by atoms with Crippen molar-refractivity contribution in [3.05, 3.63) is 35.6 Å². The minimum atomic E-state index is -1.12. The Morgan fingerprint density at radius 2 is 1.80 bits per heavy atom. The molecule has 2 fully saturated rings. The van der Waals surface area contributed by atoms with Crippen LogP contribution in [0.3, 0.4) is 0 Å². The molecular formula is C21H26FN3O5. The molecule has 1 spiro atoms. The highest BCUT2D eigenvalue weighted by molar-refractivity contribution is 6.08. The summed E-state index contributed by atoms with van der Waals surface area (Å²) in [7, 11) is 0. The molecule has 1 aliphatic carbocycles.